The Kier molecular flexibility index (Phi) is 3.76. The maximum Gasteiger partial charge on any atom is 0.258 e. The van der Waals surface area contributed by atoms with E-state index in [9.17, 15) is 9.59 Å². The number of amides is 1. The minimum atomic E-state index is -0.130. The van der Waals surface area contributed by atoms with Crippen LogP contribution >= 0.6 is 0 Å². The molecule has 0 saturated carbocycles. The van der Waals surface area contributed by atoms with Crippen LogP contribution in [0, 0.1) is 0 Å². The van der Waals surface area contributed by atoms with Crippen LogP contribution in [0.2, 0.25) is 0 Å². The Bertz CT molecular complexity index is 605. The number of hydrogen-bond acceptors (Lipinski definition) is 2. The smallest absolute Gasteiger partial charge is 0.258 e. The summed E-state index contributed by atoms with van der Waals surface area (Å²) >= 11 is 0. The number of carbonyl (C=O) groups is 2. The number of ketones is 1. The van der Waals surface area contributed by atoms with Crippen LogP contribution in [0.4, 0.5) is 5.69 Å². The van der Waals surface area contributed by atoms with Crippen molar-refractivity contribution in [3.05, 3.63) is 65.7 Å². The van der Waals surface area contributed by atoms with Crippen molar-refractivity contribution in [1.82, 2.24) is 0 Å². The zero-order valence-corrected chi connectivity index (χ0v) is 11.0. The zero-order chi connectivity index (χ0) is 13.8. The Balaban J connectivity index is 2.29. The summed E-state index contributed by atoms with van der Waals surface area (Å²) < 4.78 is 0. The van der Waals surface area contributed by atoms with Gasteiger partial charge in [-0.2, -0.15) is 0 Å². The molecule has 0 aromatic heterocycles. The fraction of sp³-hybridized carbons (Fsp3) is 0.125. The van der Waals surface area contributed by atoms with Gasteiger partial charge in [-0.25, -0.2) is 0 Å². The van der Waals surface area contributed by atoms with Crippen molar-refractivity contribution < 1.29 is 9.59 Å². The van der Waals surface area contributed by atoms with Gasteiger partial charge in [-0.15, -0.1) is 0 Å². The Labute approximate surface area is 112 Å². The first-order valence-electron chi connectivity index (χ1n) is 6.03. The van der Waals surface area contributed by atoms with Crippen molar-refractivity contribution in [2.45, 2.75) is 6.92 Å². The van der Waals surface area contributed by atoms with E-state index in [1.54, 1.807) is 36.2 Å². The average molecular weight is 253 g/mol. The number of para-hydroxylation sites is 1. The Morgan fingerprint density at radius 2 is 1.53 bits per heavy atom. The highest BCUT2D eigenvalue weighted by Crippen LogP contribution is 2.15. The molecule has 0 bridgehead atoms. The van der Waals surface area contributed by atoms with Crippen LogP contribution < -0.4 is 4.90 Å². The molecule has 0 aliphatic rings. The molecule has 0 N–H and O–H groups in total. The molecule has 0 saturated heterocycles. The molecule has 0 aliphatic heterocycles. The van der Waals surface area contributed by atoms with Gasteiger partial charge in [-0.3, -0.25) is 9.59 Å². The summed E-state index contributed by atoms with van der Waals surface area (Å²) in [5, 5.41) is 0. The first-order valence-corrected chi connectivity index (χ1v) is 6.03. The second kappa shape index (κ2) is 5.48. The van der Waals surface area contributed by atoms with E-state index in [2.05, 4.69) is 0 Å². The number of rotatable bonds is 3. The van der Waals surface area contributed by atoms with Gasteiger partial charge < -0.3 is 4.90 Å². The molecule has 0 fully saturated rings. The standard InChI is InChI=1S/C16H15NO2/c1-12(18)13-7-6-8-14(11-13)16(19)17(2)15-9-4-3-5-10-15/h3-11H,1-2H3. The lowest BCUT2D eigenvalue weighted by molar-refractivity contribution is 0.0993. The molecule has 96 valence electrons. The lowest BCUT2D eigenvalue weighted by Gasteiger charge is -2.17. The fourth-order valence-corrected chi connectivity index (χ4v) is 1.83. The zero-order valence-electron chi connectivity index (χ0n) is 11.0. The number of anilines is 1. The van der Waals surface area contributed by atoms with Crippen LogP contribution in [0.15, 0.2) is 54.6 Å². The number of hydrogen-bond donors (Lipinski definition) is 0. The third-order valence-electron chi connectivity index (χ3n) is 2.96. The number of carbonyl (C=O) groups excluding carboxylic acids is 2. The molecule has 1 amide bonds. The third kappa shape index (κ3) is 2.88. The second-order valence-electron chi connectivity index (χ2n) is 4.34. The quantitative estimate of drug-likeness (QED) is 0.788. The molecule has 0 aliphatic carbocycles. The molecule has 2 aromatic rings. The molecular weight excluding hydrogens is 238 g/mol. The van der Waals surface area contributed by atoms with E-state index in [4.69, 9.17) is 0 Å². The molecule has 0 heterocycles. The van der Waals surface area contributed by atoms with Gasteiger partial charge in [0, 0.05) is 23.9 Å². The summed E-state index contributed by atoms with van der Waals surface area (Å²) in [6.07, 6.45) is 0. The molecule has 2 aromatic carbocycles. The van der Waals surface area contributed by atoms with Gasteiger partial charge in [-0.05, 0) is 31.2 Å². The summed E-state index contributed by atoms with van der Waals surface area (Å²) in [6.45, 7) is 1.49. The summed E-state index contributed by atoms with van der Waals surface area (Å²) in [4.78, 5) is 25.2. The van der Waals surface area contributed by atoms with Crippen molar-refractivity contribution in [3.63, 3.8) is 0 Å². The summed E-state index contributed by atoms with van der Waals surface area (Å²) in [5.41, 5.74) is 1.88. The van der Waals surface area contributed by atoms with E-state index < -0.39 is 0 Å². The van der Waals surface area contributed by atoms with Gasteiger partial charge >= 0.3 is 0 Å². The summed E-state index contributed by atoms with van der Waals surface area (Å²) in [7, 11) is 1.72. The molecule has 19 heavy (non-hydrogen) atoms. The molecule has 2 rings (SSSR count). The van der Waals surface area contributed by atoms with Crippen molar-refractivity contribution >= 4 is 17.4 Å². The number of benzene rings is 2. The highest BCUT2D eigenvalue weighted by molar-refractivity contribution is 6.07. The molecule has 3 nitrogen and oxygen atoms in total. The van der Waals surface area contributed by atoms with Gasteiger partial charge in [0.2, 0.25) is 0 Å². The maximum atomic E-state index is 12.3. The van der Waals surface area contributed by atoms with Crippen molar-refractivity contribution in [2.24, 2.45) is 0 Å². The molecule has 0 radical (unpaired) electrons. The van der Waals surface area contributed by atoms with Crippen LogP contribution in [-0.4, -0.2) is 18.7 Å². The van der Waals surface area contributed by atoms with E-state index >= 15 is 0 Å². The lowest BCUT2D eigenvalue weighted by Crippen LogP contribution is -2.26. The summed E-state index contributed by atoms with van der Waals surface area (Å²) in [5.74, 6) is -0.175. The first kappa shape index (κ1) is 13.0. The van der Waals surface area contributed by atoms with E-state index in [1.807, 2.05) is 30.3 Å². The van der Waals surface area contributed by atoms with E-state index in [0.717, 1.165) is 5.69 Å². The molecular formula is C16H15NO2. The topological polar surface area (TPSA) is 37.4 Å². The second-order valence-corrected chi connectivity index (χ2v) is 4.34. The van der Waals surface area contributed by atoms with Crippen LogP contribution in [0.1, 0.15) is 27.6 Å². The van der Waals surface area contributed by atoms with E-state index in [0.29, 0.717) is 11.1 Å². The molecule has 0 atom stereocenters. The predicted molar refractivity (Wildman–Crippen MR) is 75.6 cm³/mol. The highest BCUT2D eigenvalue weighted by atomic mass is 16.2. The van der Waals surface area contributed by atoms with Crippen LogP contribution in [0.5, 0.6) is 0 Å². The Morgan fingerprint density at radius 1 is 0.895 bits per heavy atom. The van der Waals surface area contributed by atoms with Crippen molar-refractivity contribution in [1.29, 1.82) is 0 Å². The van der Waals surface area contributed by atoms with Gasteiger partial charge in [-0.1, -0.05) is 30.3 Å². The van der Waals surface area contributed by atoms with Gasteiger partial charge in [0.15, 0.2) is 5.78 Å². The fourth-order valence-electron chi connectivity index (χ4n) is 1.83. The molecule has 0 spiro atoms. The van der Waals surface area contributed by atoms with Gasteiger partial charge in [0.05, 0.1) is 0 Å². The SMILES string of the molecule is CC(=O)c1cccc(C(=O)N(C)c2ccccc2)c1. The molecule has 0 unspecified atom stereocenters. The highest BCUT2D eigenvalue weighted by Gasteiger charge is 2.14. The lowest BCUT2D eigenvalue weighted by atomic mass is 10.1. The van der Waals surface area contributed by atoms with Crippen LogP contribution in [-0.2, 0) is 0 Å². The summed E-state index contributed by atoms with van der Waals surface area (Å²) in [6, 6.07) is 16.2. The maximum absolute atomic E-state index is 12.3. The van der Waals surface area contributed by atoms with Crippen LogP contribution in [0.25, 0.3) is 0 Å². The van der Waals surface area contributed by atoms with Crippen molar-refractivity contribution in [3.8, 4) is 0 Å². The van der Waals surface area contributed by atoms with Crippen LogP contribution in [0.3, 0.4) is 0 Å². The van der Waals surface area contributed by atoms with Gasteiger partial charge in [0.25, 0.3) is 5.91 Å². The predicted octanol–water partition coefficient (Wildman–Crippen LogP) is 3.17. The minimum absolute atomic E-state index is 0.0444. The normalized spacial score (nSPS) is 10.0. The van der Waals surface area contributed by atoms with E-state index in [1.165, 1.54) is 6.92 Å². The van der Waals surface area contributed by atoms with Crippen molar-refractivity contribution in [2.75, 3.05) is 11.9 Å². The third-order valence-corrected chi connectivity index (χ3v) is 2.96. The Morgan fingerprint density at radius 3 is 2.16 bits per heavy atom. The average Bonchev–Trinajstić information content (AvgIpc) is 2.46. The molecule has 3 heteroatoms. The Hall–Kier alpha value is -2.42. The monoisotopic (exact) mass is 253 g/mol. The minimum Gasteiger partial charge on any atom is -0.311 e. The van der Waals surface area contributed by atoms with Gasteiger partial charge in [0.1, 0.15) is 0 Å². The first-order chi connectivity index (χ1) is 9.09. The van der Waals surface area contributed by atoms with E-state index in [-0.39, 0.29) is 11.7 Å². The largest absolute Gasteiger partial charge is 0.311 e. The number of Topliss-reactive ketones (excluding diaryl/α,β-unsaturated/α-hetero) is 1. The number of nitrogens with zero attached hydrogens (tertiary/aromatic N) is 1.